The number of carbonyl (C=O) groups is 1. The number of hydrogen-bond acceptors (Lipinski definition) is 3. The second-order valence-electron chi connectivity index (χ2n) is 5.06. The van der Waals surface area contributed by atoms with Crippen LogP contribution in [-0.4, -0.2) is 16.9 Å². The minimum Gasteiger partial charge on any atom is -0.399 e. The van der Waals surface area contributed by atoms with Crippen LogP contribution in [0.4, 0.5) is 11.4 Å². The van der Waals surface area contributed by atoms with Gasteiger partial charge in [-0.05, 0) is 43.2 Å². The van der Waals surface area contributed by atoms with Crippen molar-refractivity contribution in [3.05, 3.63) is 58.0 Å². The Morgan fingerprint density at radius 2 is 2.15 bits per heavy atom. The van der Waals surface area contributed by atoms with Gasteiger partial charge in [0.1, 0.15) is 0 Å². The standard InChI is InChI=1S/C15H15N3O2/c1-9-6-11-7-12(16)3-4-13(11)18(9)15(20)10-2-5-14(19)17-8-10/h2-5,7-9H,6,16H2,1H3,(H,17,19). The number of hydrogen-bond donors (Lipinski definition) is 2. The van der Waals surface area contributed by atoms with Gasteiger partial charge < -0.3 is 15.6 Å². The van der Waals surface area contributed by atoms with Crippen LogP contribution in [0.15, 0.2) is 41.3 Å². The van der Waals surface area contributed by atoms with Crippen LogP contribution in [0.3, 0.4) is 0 Å². The van der Waals surface area contributed by atoms with Gasteiger partial charge in [0.15, 0.2) is 0 Å². The van der Waals surface area contributed by atoms with Crippen LogP contribution in [0.2, 0.25) is 0 Å². The molecule has 0 bridgehead atoms. The molecule has 2 heterocycles. The van der Waals surface area contributed by atoms with Crippen LogP contribution in [-0.2, 0) is 6.42 Å². The van der Waals surface area contributed by atoms with Gasteiger partial charge in [-0.2, -0.15) is 0 Å². The molecule has 0 fully saturated rings. The second-order valence-corrected chi connectivity index (χ2v) is 5.06. The Morgan fingerprint density at radius 3 is 2.85 bits per heavy atom. The van der Waals surface area contributed by atoms with Crippen molar-refractivity contribution < 1.29 is 4.79 Å². The summed E-state index contributed by atoms with van der Waals surface area (Å²) in [5.41, 5.74) is 8.71. The molecule has 0 radical (unpaired) electrons. The SMILES string of the molecule is CC1Cc2cc(N)ccc2N1C(=O)c1ccc(=O)[nH]c1. The summed E-state index contributed by atoms with van der Waals surface area (Å²) in [5.74, 6) is -0.114. The van der Waals surface area contributed by atoms with Crippen LogP contribution in [0.25, 0.3) is 0 Å². The Kier molecular flexibility index (Phi) is 2.82. The molecule has 1 aliphatic heterocycles. The number of pyridine rings is 1. The first-order valence-electron chi connectivity index (χ1n) is 6.47. The maximum absolute atomic E-state index is 12.6. The number of carbonyl (C=O) groups excluding carboxylic acids is 1. The lowest BCUT2D eigenvalue weighted by atomic mass is 10.1. The Bertz CT molecular complexity index is 716. The van der Waals surface area contributed by atoms with Gasteiger partial charge >= 0.3 is 0 Å². The zero-order valence-electron chi connectivity index (χ0n) is 11.1. The molecular weight excluding hydrogens is 254 g/mol. The number of H-pyrrole nitrogens is 1. The van der Waals surface area contributed by atoms with Crippen molar-refractivity contribution >= 4 is 17.3 Å². The third kappa shape index (κ3) is 1.97. The smallest absolute Gasteiger partial charge is 0.260 e. The summed E-state index contributed by atoms with van der Waals surface area (Å²) in [6, 6.07) is 8.56. The van der Waals surface area contributed by atoms with E-state index in [1.54, 1.807) is 17.0 Å². The van der Waals surface area contributed by atoms with Gasteiger partial charge in [0.2, 0.25) is 5.56 Å². The number of fused-ring (bicyclic) bond motifs is 1. The van der Waals surface area contributed by atoms with Gasteiger partial charge in [-0.1, -0.05) is 0 Å². The molecule has 5 heteroatoms. The Morgan fingerprint density at radius 1 is 1.35 bits per heavy atom. The zero-order chi connectivity index (χ0) is 14.3. The third-order valence-electron chi connectivity index (χ3n) is 3.57. The molecule has 1 atom stereocenters. The van der Waals surface area contributed by atoms with Gasteiger partial charge in [-0.3, -0.25) is 9.59 Å². The molecule has 20 heavy (non-hydrogen) atoms. The van der Waals surface area contributed by atoms with Crippen molar-refractivity contribution in [3.63, 3.8) is 0 Å². The summed E-state index contributed by atoms with van der Waals surface area (Å²) >= 11 is 0. The largest absolute Gasteiger partial charge is 0.399 e. The molecule has 0 saturated heterocycles. The highest BCUT2D eigenvalue weighted by Gasteiger charge is 2.31. The maximum atomic E-state index is 12.6. The fourth-order valence-electron chi connectivity index (χ4n) is 2.64. The molecule has 1 aromatic heterocycles. The highest BCUT2D eigenvalue weighted by molar-refractivity contribution is 6.07. The van der Waals surface area contributed by atoms with Crippen molar-refractivity contribution in [2.24, 2.45) is 0 Å². The molecule has 3 rings (SSSR count). The number of nitrogen functional groups attached to an aromatic ring is 1. The molecule has 0 spiro atoms. The molecule has 0 saturated carbocycles. The van der Waals surface area contributed by atoms with Crippen molar-refractivity contribution in [2.75, 3.05) is 10.6 Å². The van der Waals surface area contributed by atoms with Crippen molar-refractivity contribution in [3.8, 4) is 0 Å². The number of aromatic nitrogens is 1. The predicted molar refractivity (Wildman–Crippen MR) is 77.9 cm³/mol. The summed E-state index contributed by atoms with van der Waals surface area (Å²) in [6.07, 6.45) is 2.24. The first kappa shape index (κ1) is 12.5. The van der Waals surface area contributed by atoms with Gasteiger partial charge in [0.05, 0.1) is 5.56 Å². The number of aromatic amines is 1. The van der Waals surface area contributed by atoms with E-state index in [4.69, 9.17) is 5.73 Å². The summed E-state index contributed by atoms with van der Waals surface area (Å²) in [4.78, 5) is 27.9. The minimum atomic E-state index is -0.218. The zero-order valence-corrected chi connectivity index (χ0v) is 11.1. The van der Waals surface area contributed by atoms with E-state index in [0.717, 1.165) is 17.7 Å². The summed E-state index contributed by atoms with van der Waals surface area (Å²) in [6.45, 7) is 2.00. The summed E-state index contributed by atoms with van der Waals surface area (Å²) < 4.78 is 0. The van der Waals surface area contributed by atoms with Gasteiger partial charge in [-0.15, -0.1) is 0 Å². The Balaban J connectivity index is 2.00. The van der Waals surface area contributed by atoms with Crippen LogP contribution in [0.5, 0.6) is 0 Å². The number of rotatable bonds is 1. The average molecular weight is 269 g/mol. The molecule has 102 valence electrons. The topological polar surface area (TPSA) is 79.2 Å². The number of amides is 1. The number of nitrogens with two attached hydrogens (primary N) is 1. The van der Waals surface area contributed by atoms with Crippen molar-refractivity contribution in [1.29, 1.82) is 0 Å². The van der Waals surface area contributed by atoms with Gasteiger partial charge in [0, 0.05) is 29.7 Å². The molecule has 1 unspecified atom stereocenters. The molecule has 0 aliphatic carbocycles. The van der Waals surface area contributed by atoms with Crippen LogP contribution in [0.1, 0.15) is 22.8 Å². The highest BCUT2D eigenvalue weighted by Crippen LogP contribution is 2.34. The predicted octanol–water partition coefficient (Wildman–Crippen LogP) is 1.55. The first-order valence-corrected chi connectivity index (χ1v) is 6.47. The van der Waals surface area contributed by atoms with E-state index in [1.807, 2.05) is 19.1 Å². The summed E-state index contributed by atoms with van der Waals surface area (Å²) in [7, 11) is 0. The van der Waals surface area contributed by atoms with E-state index in [0.29, 0.717) is 11.3 Å². The quantitative estimate of drug-likeness (QED) is 0.771. The number of anilines is 2. The lowest BCUT2D eigenvalue weighted by Crippen LogP contribution is -2.36. The number of nitrogens with zero attached hydrogens (tertiary/aromatic N) is 1. The lowest BCUT2D eigenvalue weighted by Gasteiger charge is -2.22. The molecule has 1 amide bonds. The lowest BCUT2D eigenvalue weighted by molar-refractivity contribution is 0.0981. The van der Waals surface area contributed by atoms with E-state index in [1.165, 1.54) is 12.3 Å². The van der Waals surface area contributed by atoms with Gasteiger partial charge in [0.25, 0.3) is 5.91 Å². The van der Waals surface area contributed by atoms with E-state index in [-0.39, 0.29) is 17.5 Å². The third-order valence-corrected chi connectivity index (χ3v) is 3.57. The molecule has 1 aromatic carbocycles. The van der Waals surface area contributed by atoms with E-state index >= 15 is 0 Å². The fourth-order valence-corrected chi connectivity index (χ4v) is 2.64. The minimum absolute atomic E-state index is 0.0752. The van der Waals surface area contributed by atoms with Gasteiger partial charge in [-0.25, -0.2) is 0 Å². The molecule has 2 aromatic rings. The summed E-state index contributed by atoms with van der Waals surface area (Å²) in [5, 5.41) is 0. The van der Waals surface area contributed by atoms with E-state index in [2.05, 4.69) is 4.98 Å². The molecular formula is C15H15N3O2. The highest BCUT2D eigenvalue weighted by atomic mass is 16.2. The monoisotopic (exact) mass is 269 g/mol. The van der Waals surface area contributed by atoms with Crippen molar-refractivity contribution in [1.82, 2.24) is 4.98 Å². The van der Waals surface area contributed by atoms with Crippen molar-refractivity contribution in [2.45, 2.75) is 19.4 Å². The maximum Gasteiger partial charge on any atom is 0.260 e. The van der Waals surface area contributed by atoms with Crippen LogP contribution >= 0.6 is 0 Å². The molecule has 5 nitrogen and oxygen atoms in total. The van der Waals surface area contributed by atoms with E-state index < -0.39 is 0 Å². The molecule has 3 N–H and O–H groups in total. The number of benzene rings is 1. The number of nitrogens with one attached hydrogen (secondary N) is 1. The Hall–Kier alpha value is -2.56. The first-order chi connectivity index (χ1) is 9.56. The average Bonchev–Trinajstić information content (AvgIpc) is 2.73. The second kappa shape index (κ2) is 4.52. The van der Waals surface area contributed by atoms with Crippen LogP contribution < -0.4 is 16.2 Å². The van der Waals surface area contributed by atoms with Crippen LogP contribution in [0, 0.1) is 0 Å². The normalized spacial score (nSPS) is 17.1. The fraction of sp³-hybridized carbons (Fsp3) is 0.200. The molecule has 1 aliphatic rings. The van der Waals surface area contributed by atoms with E-state index in [9.17, 15) is 9.59 Å². The Labute approximate surface area is 116 Å².